The van der Waals surface area contributed by atoms with E-state index in [4.69, 9.17) is 27.0 Å². The van der Waals surface area contributed by atoms with Gasteiger partial charge in [0.05, 0.1) is 21.6 Å². The van der Waals surface area contributed by atoms with Crippen molar-refractivity contribution in [3.05, 3.63) is 28.8 Å². The molecule has 1 aliphatic rings. The lowest BCUT2D eigenvalue weighted by atomic mass is 10.2. The molecule has 1 aromatic rings. The standard InChI is InChI=1S/C12H13Cl2NO4S/c1-19-8-5-6-15(7-8)12(16)11-9(13)3-2-4-10(11)20(14,17)18/h2-4,8H,5-7H2,1H3. The van der Waals surface area contributed by atoms with Crippen molar-refractivity contribution in [2.24, 2.45) is 0 Å². The van der Waals surface area contributed by atoms with E-state index in [0.717, 1.165) is 0 Å². The molecule has 8 heteroatoms. The fourth-order valence-corrected chi connectivity index (χ4v) is 3.56. The molecule has 5 nitrogen and oxygen atoms in total. The van der Waals surface area contributed by atoms with Crippen LogP contribution in [0.4, 0.5) is 0 Å². The van der Waals surface area contributed by atoms with E-state index in [0.29, 0.717) is 19.5 Å². The molecule has 1 saturated heterocycles. The van der Waals surface area contributed by atoms with Gasteiger partial charge in [-0.15, -0.1) is 0 Å². The quantitative estimate of drug-likeness (QED) is 0.792. The Morgan fingerprint density at radius 2 is 2.15 bits per heavy atom. The third kappa shape index (κ3) is 3.09. The molecule has 1 amide bonds. The van der Waals surface area contributed by atoms with Crippen LogP contribution in [0.3, 0.4) is 0 Å². The van der Waals surface area contributed by atoms with Crippen LogP contribution < -0.4 is 0 Å². The Kier molecular flexibility index (Phi) is 4.59. The number of likely N-dealkylation sites (tertiary alicyclic amines) is 1. The minimum Gasteiger partial charge on any atom is -0.380 e. The molecule has 0 N–H and O–H groups in total. The SMILES string of the molecule is COC1CCN(C(=O)c2c(Cl)cccc2S(=O)(=O)Cl)C1. The normalized spacial score (nSPS) is 19.4. The maximum absolute atomic E-state index is 12.5. The number of methoxy groups -OCH3 is 1. The lowest BCUT2D eigenvalue weighted by molar-refractivity contribution is 0.0721. The van der Waals surface area contributed by atoms with Gasteiger partial charge in [-0.3, -0.25) is 4.79 Å². The molecule has 1 atom stereocenters. The summed E-state index contributed by atoms with van der Waals surface area (Å²) in [6, 6.07) is 4.17. The van der Waals surface area contributed by atoms with E-state index in [1.54, 1.807) is 7.11 Å². The fraction of sp³-hybridized carbons (Fsp3) is 0.417. The van der Waals surface area contributed by atoms with Crippen molar-refractivity contribution in [2.45, 2.75) is 17.4 Å². The predicted octanol–water partition coefficient (Wildman–Crippen LogP) is 2.13. The summed E-state index contributed by atoms with van der Waals surface area (Å²) in [5, 5.41) is 0.0672. The van der Waals surface area contributed by atoms with Gasteiger partial charge >= 0.3 is 0 Å². The number of hydrogen-bond acceptors (Lipinski definition) is 4. The first-order chi connectivity index (χ1) is 9.34. The third-order valence-electron chi connectivity index (χ3n) is 3.22. The highest BCUT2D eigenvalue weighted by Crippen LogP contribution is 2.29. The van der Waals surface area contributed by atoms with Gasteiger partial charge in [0.1, 0.15) is 0 Å². The van der Waals surface area contributed by atoms with Crippen LogP contribution in [0.15, 0.2) is 23.1 Å². The molecule has 1 unspecified atom stereocenters. The van der Waals surface area contributed by atoms with Gasteiger partial charge in [0.25, 0.3) is 15.0 Å². The Morgan fingerprint density at radius 1 is 1.45 bits per heavy atom. The van der Waals surface area contributed by atoms with Gasteiger partial charge in [0.15, 0.2) is 0 Å². The third-order valence-corrected chi connectivity index (χ3v) is 4.90. The van der Waals surface area contributed by atoms with E-state index >= 15 is 0 Å². The summed E-state index contributed by atoms with van der Waals surface area (Å²) in [5.41, 5.74) is -0.0825. The molecule has 0 radical (unpaired) electrons. The van der Waals surface area contributed by atoms with Crippen molar-refractivity contribution in [1.82, 2.24) is 4.90 Å². The van der Waals surface area contributed by atoms with Crippen LogP contribution in [0.2, 0.25) is 5.02 Å². The number of hydrogen-bond donors (Lipinski definition) is 0. The average Bonchev–Trinajstić information content (AvgIpc) is 2.85. The van der Waals surface area contributed by atoms with Crippen molar-refractivity contribution in [3.8, 4) is 0 Å². The zero-order valence-electron chi connectivity index (χ0n) is 10.7. The van der Waals surface area contributed by atoms with E-state index in [1.165, 1.54) is 23.1 Å². The number of halogens is 2. The van der Waals surface area contributed by atoms with Crippen LogP contribution in [-0.2, 0) is 13.8 Å². The first kappa shape index (κ1) is 15.6. The molecule has 110 valence electrons. The lowest BCUT2D eigenvalue weighted by Crippen LogP contribution is -2.31. The molecule has 0 saturated carbocycles. The second-order valence-electron chi connectivity index (χ2n) is 4.45. The molecule has 1 aromatic carbocycles. The van der Waals surface area contributed by atoms with Crippen LogP contribution >= 0.6 is 22.3 Å². The van der Waals surface area contributed by atoms with Gasteiger partial charge in [-0.05, 0) is 18.6 Å². The van der Waals surface area contributed by atoms with Crippen LogP contribution in [0.25, 0.3) is 0 Å². The maximum atomic E-state index is 12.5. The lowest BCUT2D eigenvalue weighted by Gasteiger charge is -2.18. The van der Waals surface area contributed by atoms with Crippen LogP contribution in [-0.4, -0.2) is 45.5 Å². The summed E-state index contributed by atoms with van der Waals surface area (Å²) in [5.74, 6) is -0.450. The van der Waals surface area contributed by atoms with Gasteiger partial charge < -0.3 is 9.64 Å². The minimum atomic E-state index is -4.04. The number of carbonyl (C=O) groups is 1. The second kappa shape index (κ2) is 5.89. The summed E-state index contributed by atoms with van der Waals surface area (Å²) in [6.45, 7) is 0.896. The summed E-state index contributed by atoms with van der Waals surface area (Å²) in [6.07, 6.45) is 0.660. The van der Waals surface area contributed by atoms with Crippen LogP contribution in [0, 0.1) is 0 Å². The van der Waals surface area contributed by atoms with E-state index in [-0.39, 0.29) is 21.6 Å². The largest absolute Gasteiger partial charge is 0.380 e. The summed E-state index contributed by atoms with van der Waals surface area (Å²) in [7, 11) is 2.89. The Morgan fingerprint density at radius 3 is 2.70 bits per heavy atom. The molecule has 1 heterocycles. The molecule has 1 fully saturated rings. The number of rotatable bonds is 3. The Balaban J connectivity index is 2.40. The molecule has 2 rings (SSSR count). The van der Waals surface area contributed by atoms with Gasteiger partial charge in [0, 0.05) is 30.9 Å². The van der Waals surface area contributed by atoms with Gasteiger partial charge in [-0.25, -0.2) is 8.42 Å². The second-order valence-corrected chi connectivity index (χ2v) is 7.39. The Hall–Kier alpha value is -0.820. The van der Waals surface area contributed by atoms with E-state index in [1.807, 2.05) is 0 Å². The predicted molar refractivity (Wildman–Crippen MR) is 75.8 cm³/mol. The van der Waals surface area contributed by atoms with Crippen LogP contribution in [0.5, 0.6) is 0 Å². The highest BCUT2D eigenvalue weighted by molar-refractivity contribution is 8.13. The highest BCUT2D eigenvalue weighted by Gasteiger charge is 2.31. The van der Waals surface area contributed by atoms with Gasteiger partial charge in [0.2, 0.25) is 0 Å². The maximum Gasteiger partial charge on any atom is 0.262 e. The number of carbonyl (C=O) groups excluding carboxylic acids is 1. The molecule has 0 aromatic heterocycles. The highest BCUT2D eigenvalue weighted by atomic mass is 35.7. The van der Waals surface area contributed by atoms with Crippen molar-refractivity contribution < 1.29 is 17.9 Å². The smallest absolute Gasteiger partial charge is 0.262 e. The zero-order chi connectivity index (χ0) is 14.9. The molecule has 1 aliphatic heterocycles. The number of amides is 1. The molecule has 0 spiro atoms. The van der Waals surface area contributed by atoms with Crippen molar-refractivity contribution >= 4 is 37.2 Å². The molecule has 0 bridgehead atoms. The van der Waals surface area contributed by atoms with E-state index in [2.05, 4.69) is 0 Å². The van der Waals surface area contributed by atoms with Crippen molar-refractivity contribution in [2.75, 3.05) is 20.2 Å². The number of nitrogens with zero attached hydrogens (tertiary/aromatic N) is 1. The summed E-state index contributed by atoms with van der Waals surface area (Å²) < 4.78 is 28.3. The summed E-state index contributed by atoms with van der Waals surface area (Å²) in [4.78, 5) is 13.7. The first-order valence-corrected chi connectivity index (χ1v) is 8.58. The number of ether oxygens (including phenoxy) is 1. The summed E-state index contributed by atoms with van der Waals surface area (Å²) >= 11 is 5.98. The first-order valence-electron chi connectivity index (χ1n) is 5.90. The van der Waals surface area contributed by atoms with E-state index in [9.17, 15) is 13.2 Å². The molecular formula is C12H13Cl2NO4S. The Bertz CT molecular complexity index is 632. The molecule has 20 heavy (non-hydrogen) atoms. The molecular weight excluding hydrogens is 325 g/mol. The van der Waals surface area contributed by atoms with Crippen molar-refractivity contribution in [3.63, 3.8) is 0 Å². The fourth-order valence-electron chi connectivity index (χ4n) is 2.18. The Labute approximate surface area is 126 Å². The number of benzene rings is 1. The topological polar surface area (TPSA) is 63.7 Å². The van der Waals surface area contributed by atoms with Gasteiger partial charge in [-0.1, -0.05) is 17.7 Å². The zero-order valence-corrected chi connectivity index (χ0v) is 13.0. The van der Waals surface area contributed by atoms with E-state index < -0.39 is 15.0 Å². The monoisotopic (exact) mass is 337 g/mol. The van der Waals surface area contributed by atoms with Crippen LogP contribution in [0.1, 0.15) is 16.8 Å². The minimum absolute atomic E-state index is 0.0440. The van der Waals surface area contributed by atoms with Crippen molar-refractivity contribution in [1.29, 1.82) is 0 Å². The average molecular weight is 338 g/mol. The van der Waals surface area contributed by atoms with Gasteiger partial charge in [-0.2, -0.15) is 0 Å². The molecule has 0 aliphatic carbocycles.